The minimum Gasteiger partial charge on any atom is -0.478 e. The zero-order valence-corrected chi connectivity index (χ0v) is 10.2. The van der Waals surface area contributed by atoms with Gasteiger partial charge in [0.05, 0.1) is 18.5 Å². The maximum absolute atomic E-state index is 10.5. The summed E-state index contributed by atoms with van der Waals surface area (Å²) >= 11 is 1.86. The summed E-state index contributed by atoms with van der Waals surface area (Å²) in [4.78, 5) is 10.5. The van der Waals surface area contributed by atoms with Crippen molar-refractivity contribution in [3.8, 4) is 0 Å². The van der Waals surface area contributed by atoms with E-state index in [1.807, 2.05) is 36.0 Å². The van der Waals surface area contributed by atoms with E-state index in [2.05, 4.69) is 0 Å². The van der Waals surface area contributed by atoms with Crippen molar-refractivity contribution in [2.45, 2.75) is 11.0 Å². The molecule has 1 aromatic rings. The van der Waals surface area contributed by atoms with Gasteiger partial charge in [-0.2, -0.15) is 0 Å². The molecular formula is C13H14O3S. The molecule has 0 unspecified atom stereocenters. The van der Waals surface area contributed by atoms with Crippen LogP contribution in [0.1, 0.15) is 11.1 Å². The monoisotopic (exact) mass is 250 g/mol. The topological polar surface area (TPSA) is 46.5 Å². The molecule has 90 valence electrons. The summed E-state index contributed by atoms with van der Waals surface area (Å²) in [5, 5.41) is 9.21. The fourth-order valence-corrected chi connectivity index (χ4v) is 2.57. The van der Waals surface area contributed by atoms with Crippen LogP contribution in [0.25, 0.3) is 6.08 Å². The zero-order valence-electron chi connectivity index (χ0n) is 9.33. The van der Waals surface area contributed by atoms with Crippen molar-refractivity contribution >= 4 is 23.8 Å². The quantitative estimate of drug-likeness (QED) is 0.815. The van der Waals surface area contributed by atoms with Crippen molar-refractivity contribution in [3.63, 3.8) is 0 Å². The van der Waals surface area contributed by atoms with Crippen LogP contribution in [-0.2, 0) is 15.3 Å². The Morgan fingerprint density at radius 3 is 2.88 bits per heavy atom. The van der Waals surface area contributed by atoms with Crippen molar-refractivity contribution in [3.05, 3.63) is 41.5 Å². The predicted octanol–water partition coefficient (Wildman–Crippen LogP) is 2.42. The Balaban J connectivity index is 2.01. The van der Waals surface area contributed by atoms with Crippen LogP contribution in [0.4, 0.5) is 0 Å². The first-order valence-corrected chi connectivity index (χ1v) is 6.49. The second-order valence-corrected chi connectivity index (χ2v) is 5.13. The van der Waals surface area contributed by atoms with Crippen molar-refractivity contribution in [1.82, 2.24) is 0 Å². The molecule has 3 nitrogen and oxygen atoms in total. The molecule has 1 aliphatic heterocycles. The second-order valence-electron chi connectivity index (χ2n) is 3.84. The number of carboxylic acids is 1. The molecule has 1 aromatic carbocycles. The molecule has 0 aromatic heterocycles. The maximum Gasteiger partial charge on any atom is 0.328 e. The number of hydrogen-bond acceptors (Lipinski definition) is 3. The molecule has 1 saturated heterocycles. The Morgan fingerprint density at radius 2 is 2.24 bits per heavy atom. The summed E-state index contributed by atoms with van der Waals surface area (Å²) in [5.74, 6) is -0.0198. The number of rotatable bonds is 5. The highest BCUT2D eigenvalue weighted by atomic mass is 32.2. The Bertz CT molecular complexity index is 424. The van der Waals surface area contributed by atoms with E-state index < -0.39 is 5.97 Å². The van der Waals surface area contributed by atoms with Gasteiger partial charge in [0.25, 0.3) is 0 Å². The number of ether oxygens (including phenoxy) is 1. The highest BCUT2D eigenvalue weighted by Gasteiger charge is 2.18. The van der Waals surface area contributed by atoms with Gasteiger partial charge in [0.15, 0.2) is 0 Å². The lowest BCUT2D eigenvalue weighted by atomic mass is 10.1. The van der Waals surface area contributed by atoms with Crippen LogP contribution in [0, 0.1) is 0 Å². The largest absolute Gasteiger partial charge is 0.478 e. The number of thioether (sulfide) groups is 1. The van der Waals surface area contributed by atoms with E-state index in [1.165, 1.54) is 11.6 Å². The average molecular weight is 250 g/mol. The van der Waals surface area contributed by atoms with Crippen LogP contribution in [0.3, 0.4) is 0 Å². The van der Waals surface area contributed by atoms with Crippen molar-refractivity contribution in [2.24, 2.45) is 0 Å². The average Bonchev–Trinajstić information content (AvgIpc) is 2.25. The number of carbonyl (C=O) groups is 1. The third-order valence-electron chi connectivity index (χ3n) is 2.54. The third kappa shape index (κ3) is 3.61. The molecule has 17 heavy (non-hydrogen) atoms. The Hall–Kier alpha value is -1.26. The molecule has 1 heterocycles. The molecular weight excluding hydrogens is 236 g/mol. The van der Waals surface area contributed by atoms with E-state index in [-0.39, 0.29) is 0 Å². The normalized spacial score (nSPS) is 16.0. The third-order valence-corrected chi connectivity index (χ3v) is 3.76. The van der Waals surface area contributed by atoms with Crippen LogP contribution >= 0.6 is 11.8 Å². The van der Waals surface area contributed by atoms with Crippen molar-refractivity contribution in [2.75, 3.05) is 13.2 Å². The first kappa shape index (κ1) is 12.2. The maximum atomic E-state index is 10.5. The van der Waals surface area contributed by atoms with Crippen LogP contribution in [0.15, 0.2) is 30.3 Å². The predicted molar refractivity (Wildman–Crippen MR) is 69.0 cm³/mol. The van der Waals surface area contributed by atoms with E-state index in [1.54, 1.807) is 6.08 Å². The highest BCUT2D eigenvalue weighted by Crippen LogP contribution is 2.25. The SMILES string of the molecule is O=C(O)C=Cc1ccccc1CSC1COC1. The van der Waals surface area contributed by atoms with Crippen LogP contribution in [0.5, 0.6) is 0 Å². The number of hydrogen-bond donors (Lipinski definition) is 1. The minimum atomic E-state index is -0.917. The molecule has 0 radical (unpaired) electrons. The van der Waals surface area contributed by atoms with Crippen molar-refractivity contribution < 1.29 is 14.6 Å². The van der Waals surface area contributed by atoms with Gasteiger partial charge in [0.2, 0.25) is 0 Å². The Kier molecular flexibility index (Phi) is 4.23. The van der Waals surface area contributed by atoms with Gasteiger partial charge in [-0.05, 0) is 17.2 Å². The minimum absolute atomic E-state index is 0.589. The van der Waals surface area contributed by atoms with E-state index in [0.29, 0.717) is 5.25 Å². The molecule has 1 fully saturated rings. The van der Waals surface area contributed by atoms with E-state index in [9.17, 15) is 4.79 Å². The fourth-order valence-electron chi connectivity index (χ4n) is 1.51. The molecule has 0 atom stereocenters. The van der Waals surface area contributed by atoms with Gasteiger partial charge >= 0.3 is 5.97 Å². The summed E-state index contributed by atoms with van der Waals surface area (Å²) < 4.78 is 5.12. The number of carboxylic acid groups (broad SMARTS) is 1. The summed E-state index contributed by atoms with van der Waals surface area (Å²) in [5.41, 5.74) is 2.14. The lowest BCUT2D eigenvalue weighted by molar-refractivity contribution is -0.131. The Labute approximate surface area is 104 Å². The van der Waals surface area contributed by atoms with E-state index in [0.717, 1.165) is 24.5 Å². The zero-order chi connectivity index (χ0) is 12.1. The lowest BCUT2D eigenvalue weighted by Crippen LogP contribution is -2.30. The summed E-state index contributed by atoms with van der Waals surface area (Å²) in [6.07, 6.45) is 2.82. The van der Waals surface area contributed by atoms with E-state index in [4.69, 9.17) is 9.84 Å². The molecule has 0 amide bonds. The van der Waals surface area contributed by atoms with Gasteiger partial charge in [-0.25, -0.2) is 4.79 Å². The molecule has 0 aliphatic carbocycles. The van der Waals surface area contributed by atoms with Crippen molar-refractivity contribution in [1.29, 1.82) is 0 Å². The molecule has 0 saturated carbocycles. The van der Waals surface area contributed by atoms with Gasteiger partial charge in [-0.3, -0.25) is 0 Å². The first-order chi connectivity index (χ1) is 8.25. The molecule has 0 spiro atoms. The molecule has 1 aliphatic rings. The van der Waals surface area contributed by atoms with Gasteiger partial charge in [0.1, 0.15) is 0 Å². The summed E-state index contributed by atoms with van der Waals surface area (Å²) in [6.45, 7) is 1.66. The number of aliphatic carboxylic acids is 1. The fraction of sp³-hybridized carbons (Fsp3) is 0.308. The molecule has 1 N–H and O–H groups in total. The summed E-state index contributed by atoms with van der Waals surface area (Å²) in [7, 11) is 0. The van der Waals surface area contributed by atoms with Gasteiger partial charge < -0.3 is 9.84 Å². The van der Waals surface area contributed by atoms with Crippen LogP contribution in [0.2, 0.25) is 0 Å². The second kappa shape index (κ2) is 5.89. The first-order valence-electron chi connectivity index (χ1n) is 5.44. The van der Waals surface area contributed by atoms with E-state index >= 15 is 0 Å². The molecule has 0 bridgehead atoms. The molecule has 2 rings (SSSR count). The van der Waals surface area contributed by atoms with Crippen LogP contribution < -0.4 is 0 Å². The van der Waals surface area contributed by atoms with Gasteiger partial charge in [-0.15, -0.1) is 11.8 Å². The standard InChI is InChI=1S/C13H14O3S/c14-13(15)6-5-10-3-1-2-4-11(10)9-17-12-7-16-8-12/h1-6,12H,7-9H2,(H,14,15). The Morgan fingerprint density at radius 1 is 1.47 bits per heavy atom. The van der Waals surface area contributed by atoms with Gasteiger partial charge in [-0.1, -0.05) is 24.3 Å². The molecule has 4 heteroatoms. The lowest BCUT2D eigenvalue weighted by Gasteiger charge is -2.25. The van der Waals surface area contributed by atoms with Gasteiger partial charge in [0, 0.05) is 11.8 Å². The highest BCUT2D eigenvalue weighted by molar-refractivity contribution is 7.99. The smallest absolute Gasteiger partial charge is 0.328 e. The summed E-state index contributed by atoms with van der Waals surface area (Å²) in [6, 6.07) is 7.87. The van der Waals surface area contributed by atoms with Crippen LogP contribution in [-0.4, -0.2) is 29.5 Å². The number of benzene rings is 1.